The van der Waals surface area contributed by atoms with Gasteiger partial charge in [0, 0.05) is 81.1 Å². The molecule has 8 rings (SSSR count). The summed E-state index contributed by atoms with van der Waals surface area (Å²) in [5.41, 5.74) is 7.80. The Balaban J connectivity index is 0.000000351. The Bertz CT molecular complexity index is 2860. The minimum Gasteiger partial charge on any atom is -1.00 e. The maximum atomic E-state index is 11.9. The fourth-order valence-electron chi connectivity index (χ4n) is 6.28. The molecule has 75 heavy (non-hydrogen) atoms. The first-order valence-corrected chi connectivity index (χ1v) is 26.2. The van der Waals surface area contributed by atoms with Crippen LogP contribution in [0.4, 0.5) is 33.5 Å². The average molecular weight is 1150 g/mol. The van der Waals surface area contributed by atoms with Gasteiger partial charge in [-0.1, -0.05) is 68.8 Å². The van der Waals surface area contributed by atoms with Crippen LogP contribution in [0.25, 0.3) is 0 Å². The second kappa shape index (κ2) is 33.5. The predicted octanol–water partition coefficient (Wildman–Crippen LogP) is 3.24. The van der Waals surface area contributed by atoms with E-state index in [0.717, 1.165) is 74.9 Å². The number of hydrogen-bond donors (Lipinski definition) is 6. The van der Waals surface area contributed by atoms with E-state index < -0.39 is 0 Å². The van der Waals surface area contributed by atoms with Gasteiger partial charge in [-0.25, -0.2) is 44.9 Å². The van der Waals surface area contributed by atoms with Gasteiger partial charge in [-0.3, -0.25) is 19.4 Å². The monoisotopic (exact) mass is 1150 g/mol. The van der Waals surface area contributed by atoms with E-state index in [4.69, 9.17) is 56.3 Å². The first-order chi connectivity index (χ1) is 35.4. The molecule has 394 valence electrons. The molecule has 2 aliphatic heterocycles. The van der Waals surface area contributed by atoms with Crippen LogP contribution >= 0.6 is 68.8 Å². The fraction of sp³-hybridized carbons (Fsp3) is 0.422. The maximum Gasteiger partial charge on any atom is 1.00 e. The number of halogens is 3. The van der Waals surface area contributed by atoms with E-state index in [1.54, 1.807) is 13.1 Å². The van der Waals surface area contributed by atoms with Crippen molar-refractivity contribution in [1.29, 1.82) is 15.8 Å². The van der Waals surface area contributed by atoms with Crippen molar-refractivity contribution >= 4 is 114 Å². The van der Waals surface area contributed by atoms with Crippen LogP contribution in [0.3, 0.4) is 0 Å². The van der Waals surface area contributed by atoms with Crippen LogP contribution in [0.5, 0.6) is 0 Å². The van der Waals surface area contributed by atoms with Crippen molar-refractivity contribution < 1.29 is 40.6 Å². The van der Waals surface area contributed by atoms with Crippen LogP contribution < -0.4 is 66.8 Å². The zero-order valence-electron chi connectivity index (χ0n) is 43.7. The number of nitrogens with zero attached hydrogens (tertiary/aromatic N) is 15. The number of carbonyl (C=O) groups is 2. The fourth-order valence-corrected chi connectivity index (χ4v) is 8.52. The second-order valence-corrected chi connectivity index (χ2v) is 20.7. The van der Waals surface area contributed by atoms with Crippen LogP contribution in [0.2, 0.25) is 14.8 Å². The minimum absolute atomic E-state index is 0. The average Bonchev–Trinajstić information content (AvgIpc) is 4.15. The van der Waals surface area contributed by atoms with E-state index >= 15 is 0 Å². The molecule has 6 aromatic heterocycles. The summed E-state index contributed by atoms with van der Waals surface area (Å²) in [5.74, 6) is 2.79. The third kappa shape index (κ3) is 22.7. The van der Waals surface area contributed by atoms with Gasteiger partial charge >= 0.3 is 29.6 Å². The Labute approximate surface area is 486 Å². The summed E-state index contributed by atoms with van der Waals surface area (Å²) in [5, 5.41) is 43.1. The molecule has 2 aliphatic rings. The molecule has 0 aromatic carbocycles. The molecular weight excluding hydrogens is 1090 g/mol. The molecule has 0 saturated carbocycles. The van der Waals surface area contributed by atoms with Crippen LogP contribution in [-0.4, -0.2) is 144 Å². The number of piperazine rings is 2. The van der Waals surface area contributed by atoms with Gasteiger partial charge in [0.2, 0.25) is 11.8 Å². The number of rotatable bonds is 11. The van der Waals surface area contributed by atoms with Crippen molar-refractivity contribution in [3.8, 4) is 18.2 Å². The molecular formula is C45H57Cl3N21NaO2S3. The number of hydrogen-bond acceptors (Lipinski definition) is 24. The van der Waals surface area contributed by atoms with E-state index in [-0.39, 0.29) is 54.9 Å². The van der Waals surface area contributed by atoms with Crippen molar-refractivity contribution in [2.75, 3.05) is 86.7 Å². The van der Waals surface area contributed by atoms with Gasteiger partial charge in [-0.2, -0.15) is 15.8 Å². The van der Waals surface area contributed by atoms with Gasteiger partial charge in [-0.05, 0) is 48.5 Å². The van der Waals surface area contributed by atoms with Crippen LogP contribution in [0.1, 0.15) is 60.4 Å². The standard InChI is InChI=1S/C18H24N8OS.C9H6ClN5S.C9H19N3O.C5H6ClN3.C4HClN2S.Na.H/c1-12(2)23-15(27)10-25-4-6-26(7-5-25)17-13(3)16(21-11-22-17)24-18-20-9-14(8-19)28-18;1-5-7(10)13-4-14-8(5)15-9-12-3-6(2-11)16-9;1-8(2)11-9(13)7-12-5-3-10-4-6-12;1-3-4(6)8-2-9-5(3)7;5-4-7-2-3(1-6)8-4;;/h9,11-12H,4-7,10H2,1-3H3,(H,23,27)(H,20,21,22,24);3-4H,1H3,(H,12,13,14,15);8,10H,3-7H2,1-2H3,(H,11,13);2H,1H3,(H2,7,8,9);2H;;/q;;;;;+1;-1. The Morgan fingerprint density at radius 1 is 0.640 bits per heavy atom. The van der Waals surface area contributed by atoms with Crippen LogP contribution in [0, 0.1) is 54.8 Å². The van der Waals surface area contributed by atoms with E-state index in [1.807, 2.05) is 53.7 Å². The molecule has 0 bridgehead atoms. The third-order valence-corrected chi connectivity index (χ3v) is 13.3. The zero-order chi connectivity index (χ0) is 54.2. The summed E-state index contributed by atoms with van der Waals surface area (Å²) in [4.78, 5) is 67.5. The first kappa shape index (κ1) is 63.8. The number of amides is 2. The maximum absolute atomic E-state index is 11.9. The second-order valence-electron chi connectivity index (χ2n) is 16.3. The summed E-state index contributed by atoms with van der Waals surface area (Å²) in [6.45, 7) is 21.5. The zero-order valence-corrected chi connectivity index (χ0v) is 49.4. The van der Waals surface area contributed by atoms with E-state index in [0.29, 0.717) is 70.2 Å². The molecule has 2 saturated heterocycles. The quantitative estimate of drug-likeness (QED) is 0.0801. The normalized spacial score (nSPS) is 12.9. The Morgan fingerprint density at radius 3 is 1.51 bits per heavy atom. The van der Waals surface area contributed by atoms with E-state index in [1.165, 1.54) is 65.4 Å². The smallest absolute Gasteiger partial charge is 1.00 e. The molecule has 0 unspecified atom stereocenters. The molecule has 8 heterocycles. The van der Waals surface area contributed by atoms with Gasteiger partial charge in [-0.15, -0.1) is 0 Å². The third-order valence-electron chi connectivity index (χ3n) is 9.93. The van der Waals surface area contributed by atoms with E-state index in [2.05, 4.69) is 92.2 Å². The van der Waals surface area contributed by atoms with Crippen molar-refractivity contribution in [3.63, 3.8) is 0 Å². The van der Waals surface area contributed by atoms with Crippen LogP contribution in [0.15, 0.2) is 37.6 Å². The molecule has 30 heteroatoms. The number of nitrogen functional groups attached to an aromatic ring is 1. The van der Waals surface area contributed by atoms with Gasteiger partial charge in [0.1, 0.15) is 85.4 Å². The number of aromatic nitrogens is 9. The number of nitrogens with one attached hydrogen (secondary N) is 5. The van der Waals surface area contributed by atoms with Crippen molar-refractivity contribution in [3.05, 3.63) is 83.7 Å². The van der Waals surface area contributed by atoms with Gasteiger partial charge < -0.3 is 38.6 Å². The number of carbonyl (C=O) groups excluding carboxylic acids is 2. The molecule has 0 aliphatic carbocycles. The summed E-state index contributed by atoms with van der Waals surface area (Å²) in [6, 6.07) is 6.42. The van der Waals surface area contributed by atoms with Gasteiger partial charge in [0.05, 0.1) is 31.7 Å². The summed E-state index contributed by atoms with van der Waals surface area (Å²) < 4.78 is 0.418. The number of nitrogens with two attached hydrogens (primary N) is 1. The molecule has 2 amide bonds. The van der Waals surface area contributed by atoms with Gasteiger partial charge in [0.15, 0.2) is 14.7 Å². The van der Waals surface area contributed by atoms with Crippen molar-refractivity contribution in [2.45, 2.75) is 60.5 Å². The SMILES string of the molecule is CC(C)NC(=O)CN1CCNCC1.Cc1c(Cl)ncnc1Nc1ncc(C#N)s1.Cc1c(N)ncnc1Cl.Cc1c(Nc2ncc(C#N)s2)ncnc1N1CCN(CC(=O)NC(C)C)CC1.N#Cc1cnc(Cl)s1.[H-].[Na+]. The van der Waals surface area contributed by atoms with Gasteiger partial charge in [0.25, 0.3) is 0 Å². The molecule has 6 aromatic rings. The molecule has 0 radical (unpaired) electrons. The number of thiazole rings is 3. The van der Waals surface area contributed by atoms with Crippen LogP contribution in [-0.2, 0) is 9.59 Å². The minimum atomic E-state index is 0. The Kier molecular flexibility index (Phi) is 28.5. The predicted molar refractivity (Wildman–Crippen MR) is 292 cm³/mol. The molecule has 7 N–H and O–H groups in total. The Morgan fingerprint density at radius 2 is 1.08 bits per heavy atom. The molecule has 2 fully saturated rings. The Hall–Kier alpha value is -5.51. The van der Waals surface area contributed by atoms with E-state index in [9.17, 15) is 9.59 Å². The summed E-state index contributed by atoms with van der Waals surface area (Å²) in [6.07, 6.45) is 8.74. The number of anilines is 6. The molecule has 0 atom stereocenters. The largest absolute Gasteiger partial charge is 1.00 e. The van der Waals surface area contributed by atoms with Crippen molar-refractivity contribution in [1.82, 2.24) is 70.6 Å². The summed E-state index contributed by atoms with van der Waals surface area (Å²) >= 11 is 20.6. The molecule has 23 nitrogen and oxygen atoms in total. The first-order valence-electron chi connectivity index (χ1n) is 22.7. The topological polar surface area (TPSA) is 317 Å². The molecule has 0 spiro atoms. The number of nitriles is 3. The summed E-state index contributed by atoms with van der Waals surface area (Å²) in [7, 11) is 0. The van der Waals surface area contributed by atoms with Crippen molar-refractivity contribution in [2.24, 2.45) is 0 Å².